The van der Waals surface area contributed by atoms with E-state index in [1.807, 2.05) is 0 Å². The van der Waals surface area contributed by atoms with Gasteiger partial charge in [0.05, 0.1) is 10.6 Å². The van der Waals surface area contributed by atoms with E-state index in [0.29, 0.717) is 17.2 Å². The molecule has 2 heterocycles. The predicted molar refractivity (Wildman–Crippen MR) is 83.9 cm³/mol. The Kier molecular flexibility index (Phi) is 3.24. The summed E-state index contributed by atoms with van der Waals surface area (Å²) in [5.74, 6) is 0.911. The fraction of sp³-hybridized carbons (Fsp3) is 0.133. The zero-order chi connectivity index (χ0) is 16.7. The number of sulfonamides is 1. The van der Waals surface area contributed by atoms with Gasteiger partial charge >= 0.3 is 0 Å². The molecule has 9 heteroatoms. The van der Waals surface area contributed by atoms with Crippen LogP contribution in [-0.2, 0) is 14.8 Å². The molecule has 2 aliphatic heterocycles. The molecule has 0 aromatic heterocycles. The van der Waals surface area contributed by atoms with Gasteiger partial charge in [0.1, 0.15) is 11.4 Å². The summed E-state index contributed by atoms with van der Waals surface area (Å²) in [7, 11) is -3.88. The van der Waals surface area contributed by atoms with E-state index in [-0.39, 0.29) is 35.6 Å². The topological polar surface area (TPSA) is 103 Å². The first-order valence-electron chi connectivity index (χ1n) is 7.01. The maximum Gasteiger partial charge on any atom is 0.262 e. The highest BCUT2D eigenvalue weighted by Gasteiger charge is 2.24. The number of nitrogens with one attached hydrogen (secondary N) is 2. The van der Waals surface area contributed by atoms with Crippen LogP contribution in [0.2, 0.25) is 0 Å². The lowest BCUT2D eigenvalue weighted by molar-refractivity contribution is -0.118. The molecule has 124 valence electrons. The number of fused-ring (bicyclic) bond motifs is 2. The van der Waals surface area contributed by atoms with Crippen molar-refractivity contribution in [2.75, 3.05) is 23.4 Å². The van der Waals surface area contributed by atoms with E-state index in [0.717, 1.165) is 0 Å². The number of anilines is 2. The first-order chi connectivity index (χ1) is 11.5. The number of hydrogen-bond acceptors (Lipinski definition) is 6. The van der Waals surface area contributed by atoms with Crippen molar-refractivity contribution in [1.82, 2.24) is 0 Å². The summed E-state index contributed by atoms with van der Waals surface area (Å²) in [5, 5.41) is 2.61. The van der Waals surface area contributed by atoms with Crippen LogP contribution in [0.25, 0.3) is 0 Å². The van der Waals surface area contributed by atoms with E-state index in [9.17, 15) is 13.2 Å². The van der Waals surface area contributed by atoms with Gasteiger partial charge in [-0.05, 0) is 24.3 Å². The Bertz CT molecular complexity index is 941. The van der Waals surface area contributed by atoms with Crippen LogP contribution in [0.1, 0.15) is 0 Å². The third-order valence-corrected chi connectivity index (χ3v) is 4.91. The monoisotopic (exact) mass is 348 g/mol. The molecule has 2 aromatic carbocycles. The first kappa shape index (κ1) is 14.6. The van der Waals surface area contributed by atoms with Crippen LogP contribution in [0.4, 0.5) is 11.4 Å². The lowest BCUT2D eigenvalue weighted by atomic mass is 10.2. The maximum atomic E-state index is 12.6. The van der Waals surface area contributed by atoms with Crippen molar-refractivity contribution in [3.8, 4) is 17.2 Å². The van der Waals surface area contributed by atoms with Gasteiger partial charge in [-0.1, -0.05) is 6.07 Å². The summed E-state index contributed by atoms with van der Waals surface area (Å²) in [6, 6.07) is 9.15. The van der Waals surface area contributed by atoms with Gasteiger partial charge in [0, 0.05) is 6.07 Å². The van der Waals surface area contributed by atoms with E-state index in [1.165, 1.54) is 18.2 Å². The normalized spacial score (nSPS) is 15.2. The van der Waals surface area contributed by atoms with Crippen LogP contribution in [0.3, 0.4) is 0 Å². The van der Waals surface area contributed by atoms with Gasteiger partial charge in [-0.2, -0.15) is 0 Å². The third kappa shape index (κ3) is 2.48. The van der Waals surface area contributed by atoms with Crippen molar-refractivity contribution in [2.45, 2.75) is 4.90 Å². The molecule has 0 aliphatic carbocycles. The molecule has 0 atom stereocenters. The Morgan fingerprint density at radius 1 is 1.00 bits per heavy atom. The molecule has 0 unspecified atom stereocenters. The van der Waals surface area contributed by atoms with Crippen molar-refractivity contribution >= 4 is 27.3 Å². The largest absolute Gasteiger partial charge is 0.481 e. The van der Waals surface area contributed by atoms with Crippen molar-refractivity contribution in [3.63, 3.8) is 0 Å². The standard InChI is InChI=1S/C15H12N2O6S/c18-14-7-21-12-3-1-2-10(15(12)16-14)17-24(19,20)9-4-5-11-13(6-9)23-8-22-11/h1-6,17H,7-8H2,(H,16,18). The van der Waals surface area contributed by atoms with Crippen LogP contribution in [0.5, 0.6) is 17.2 Å². The zero-order valence-corrected chi connectivity index (χ0v) is 13.1. The zero-order valence-electron chi connectivity index (χ0n) is 12.2. The fourth-order valence-electron chi connectivity index (χ4n) is 2.43. The molecule has 24 heavy (non-hydrogen) atoms. The maximum absolute atomic E-state index is 12.6. The van der Waals surface area contributed by atoms with Crippen molar-refractivity contribution < 1.29 is 27.4 Å². The lowest BCUT2D eigenvalue weighted by Crippen LogP contribution is -2.26. The molecule has 2 aromatic rings. The molecule has 4 rings (SSSR count). The number of carbonyl (C=O) groups excluding carboxylic acids is 1. The summed E-state index contributed by atoms with van der Waals surface area (Å²) in [5.41, 5.74) is 0.510. The van der Waals surface area contributed by atoms with Crippen molar-refractivity contribution in [2.24, 2.45) is 0 Å². The SMILES string of the molecule is O=C1COc2cccc(NS(=O)(=O)c3ccc4c(c3)OCO4)c2N1. The summed E-state index contributed by atoms with van der Waals surface area (Å²) >= 11 is 0. The molecular formula is C15H12N2O6S. The van der Waals surface area contributed by atoms with E-state index >= 15 is 0 Å². The number of hydrogen-bond donors (Lipinski definition) is 2. The van der Waals surface area contributed by atoms with Gasteiger partial charge in [0.2, 0.25) is 6.79 Å². The van der Waals surface area contributed by atoms with Crippen LogP contribution < -0.4 is 24.2 Å². The second-order valence-electron chi connectivity index (χ2n) is 5.14. The molecule has 2 aliphatic rings. The molecule has 0 spiro atoms. The average molecular weight is 348 g/mol. The predicted octanol–water partition coefficient (Wildman–Crippen LogP) is 1.55. The highest BCUT2D eigenvalue weighted by atomic mass is 32.2. The minimum absolute atomic E-state index is 0.0207. The molecule has 0 saturated heterocycles. The number of benzene rings is 2. The Morgan fingerprint density at radius 3 is 2.71 bits per heavy atom. The Hall–Kier alpha value is -2.94. The molecule has 1 amide bonds. The van der Waals surface area contributed by atoms with Crippen molar-refractivity contribution in [3.05, 3.63) is 36.4 Å². The van der Waals surface area contributed by atoms with E-state index < -0.39 is 10.0 Å². The molecule has 2 N–H and O–H groups in total. The molecule has 0 fully saturated rings. The van der Waals surface area contributed by atoms with Gasteiger partial charge < -0.3 is 19.5 Å². The van der Waals surface area contributed by atoms with Crippen LogP contribution in [-0.4, -0.2) is 27.7 Å². The summed E-state index contributed by atoms with van der Waals surface area (Å²) in [6.45, 7) is -0.0484. The molecule has 0 saturated carbocycles. The molecule has 0 radical (unpaired) electrons. The highest BCUT2D eigenvalue weighted by molar-refractivity contribution is 7.92. The first-order valence-corrected chi connectivity index (χ1v) is 8.49. The Morgan fingerprint density at radius 2 is 1.83 bits per heavy atom. The van der Waals surface area contributed by atoms with Crippen LogP contribution >= 0.6 is 0 Å². The smallest absolute Gasteiger partial charge is 0.262 e. The Labute approximate surface area is 137 Å². The number of carbonyl (C=O) groups is 1. The minimum Gasteiger partial charge on any atom is -0.481 e. The molecule has 8 nitrogen and oxygen atoms in total. The Balaban J connectivity index is 1.69. The van der Waals surface area contributed by atoms with Gasteiger partial charge in [-0.3, -0.25) is 9.52 Å². The van der Waals surface area contributed by atoms with Gasteiger partial charge in [-0.25, -0.2) is 8.42 Å². The molecular weight excluding hydrogens is 336 g/mol. The number of para-hydroxylation sites is 1. The van der Waals surface area contributed by atoms with Crippen LogP contribution in [0.15, 0.2) is 41.3 Å². The number of ether oxygens (including phenoxy) is 3. The van der Waals surface area contributed by atoms with E-state index in [4.69, 9.17) is 14.2 Å². The van der Waals surface area contributed by atoms with Gasteiger partial charge in [0.15, 0.2) is 18.1 Å². The van der Waals surface area contributed by atoms with Crippen molar-refractivity contribution in [1.29, 1.82) is 0 Å². The fourth-order valence-corrected chi connectivity index (χ4v) is 3.52. The van der Waals surface area contributed by atoms with E-state index in [2.05, 4.69) is 10.0 Å². The minimum atomic E-state index is -3.88. The summed E-state index contributed by atoms with van der Waals surface area (Å²) in [4.78, 5) is 11.5. The summed E-state index contributed by atoms with van der Waals surface area (Å²) < 4.78 is 43.3. The van der Waals surface area contributed by atoms with E-state index in [1.54, 1.807) is 18.2 Å². The highest BCUT2D eigenvalue weighted by Crippen LogP contribution is 2.37. The quantitative estimate of drug-likeness (QED) is 0.872. The van der Waals surface area contributed by atoms with Gasteiger partial charge in [-0.15, -0.1) is 0 Å². The van der Waals surface area contributed by atoms with Crippen LogP contribution in [0, 0.1) is 0 Å². The molecule has 0 bridgehead atoms. The average Bonchev–Trinajstić information content (AvgIpc) is 3.03. The third-order valence-electron chi connectivity index (χ3n) is 3.55. The summed E-state index contributed by atoms with van der Waals surface area (Å²) in [6.07, 6.45) is 0. The second kappa shape index (κ2) is 5.31. The second-order valence-corrected chi connectivity index (χ2v) is 6.82. The number of rotatable bonds is 3. The lowest BCUT2D eigenvalue weighted by Gasteiger charge is -2.21. The van der Waals surface area contributed by atoms with Gasteiger partial charge in [0.25, 0.3) is 15.9 Å². The number of amides is 1.